The van der Waals surface area contributed by atoms with E-state index in [2.05, 4.69) is 25.4 Å². The lowest BCUT2D eigenvalue weighted by Gasteiger charge is -2.32. The SMILES string of the molecule is O=CN1CCN(c2ccc(NC(=O)c3cccnc3)nn2)CC1. The number of anilines is 2. The van der Waals surface area contributed by atoms with Crippen LogP contribution in [0.2, 0.25) is 0 Å². The van der Waals surface area contributed by atoms with Crippen molar-refractivity contribution in [3.05, 3.63) is 42.2 Å². The van der Waals surface area contributed by atoms with Gasteiger partial charge in [-0.05, 0) is 24.3 Å². The minimum atomic E-state index is -0.278. The number of rotatable bonds is 4. The molecule has 0 aromatic carbocycles. The topological polar surface area (TPSA) is 91.3 Å². The Labute approximate surface area is 133 Å². The number of carbonyl (C=O) groups is 2. The van der Waals surface area contributed by atoms with Gasteiger partial charge in [-0.3, -0.25) is 14.6 Å². The standard InChI is InChI=1S/C15H16N6O2/c22-11-20-6-8-21(9-7-20)14-4-3-13(18-19-14)17-15(23)12-2-1-5-16-10-12/h1-5,10-11H,6-9H2,(H,17,18,23). The second-order valence-electron chi connectivity index (χ2n) is 5.10. The molecule has 1 fully saturated rings. The van der Waals surface area contributed by atoms with Crippen LogP contribution in [0.4, 0.5) is 11.6 Å². The fourth-order valence-electron chi connectivity index (χ4n) is 2.30. The van der Waals surface area contributed by atoms with Crippen LogP contribution in [0, 0.1) is 0 Å². The average Bonchev–Trinajstić information content (AvgIpc) is 2.63. The van der Waals surface area contributed by atoms with Crippen molar-refractivity contribution in [2.24, 2.45) is 0 Å². The van der Waals surface area contributed by atoms with Gasteiger partial charge in [0.25, 0.3) is 5.91 Å². The molecule has 2 aromatic heterocycles. The molecule has 8 heteroatoms. The lowest BCUT2D eigenvalue weighted by molar-refractivity contribution is -0.118. The number of carbonyl (C=O) groups excluding carboxylic acids is 2. The molecule has 23 heavy (non-hydrogen) atoms. The Morgan fingerprint density at radius 1 is 1.13 bits per heavy atom. The van der Waals surface area contributed by atoms with Crippen molar-refractivity contribution in [1.29, 1.82) is 0 Å². The normalized spacial score (nSPS) is 14.4. The lowest BCUT2D eigenvalue weighted by Crippen LogP contribution is -2.46. The molecule has 8 nitrogen and oxygen atoms in total. The third-order valence-electron chi connectivity index (χ3n) is 3.60. The van der Waals surface area contributed by atoms with E-state index in [0.717, 1.165) is 25.3 Å². The third-order valence-corrected chi connectivity index (χ3v) is 3.60. The van der Waals surface area contributed by atoms with Crippen LogP contribution >= 0.6 is 0 Å². The van der Waals surface area contributed by atoms with Gasteiger partial charge in [0.15, 0.2) is 11.6 Å². The minimum Gasteiger partial charge on any atom is -0.352 e. The maximum atomic E-state index is 12.0. The summed E-state index contributed by atoms with van der Waals surface area (Å²) < 4.78 is 0. The average molecular weight is 312 g/mol. The highest BCUT2D eigenvalue weighted by Crippen LogP contribution is 2.14. The summed E-state index contributed by atoms with van der Waals surface area (Å²) in [6.07, 6.45) is 3.96. The summed E-state index contributed by atoms with van der Waals surface area (Å²) in [6.45, 7) is 2.78. The quantitative estimate of drug-likeness (QED) is 0.822. The zero-order valence-electron chi connectivity index (χ0n) is 12.4. The van der Waals surface area contributed by atoms with Gasteiger partial charge in [-0.25, -0.2) is 0 Å². The number of nitrogens with one attached hydrogen (secondary N) is 1. The van der Waals surface area contributed by atoms with Crippen molar-refractivity contribution < 1.29 is 9.59 Å². The molecule has 2 amide bonds. The highest BCUT2D eigenvalue weighted by molar-refractivity contribution is 6.03. The molecular weight excluding hydrogens is 296 g/mol. The molecule has 3 rings (SSSR count). The Hall–Kier alpha value is -3.03. The second-order valence-corrected chi connectivity index (χ2v) is 5.10. The minimum absolute atomic E-state index is 0.278. The first-order valence-corrected chi connectivity index (χ1v) is 7.25. The number of aromatic nitrogens is 3. The Balaban J connectivity index is 1.61. The maximum absolute atomic E-state index is 12.0. The van der Waals surface area contributed by atoms with E-state index < -0.39 is 0 Å². The third kappa shape index (κ3) is 3.60. The Morgan fingerprint density at radius 2 is 1.96 bits per heavy atom. The number of nitrogens with zero attached hydrogens (tertiary/aromatic N) is 5. The summed E-state index contributed by atoms with van der Waals surface area (Å²) in [6, 6.07) is 6.89. The van der Waals surface area contributed by atoms with Gasteiger partial charge in [0.05, 0.1) is 5.56 Å². The molecular formula is C15H16N6O2. The summed E-state index contributed by atoms with van der Waals surface area (Å²) in [7, 11) is 0. The van der Waals surface area contributed by atoms with Gasteiger partial charge in [-0.1, -0.05) is 0 Å². The van der Waals surface area contributed by atoms with Crippen LogP contribution in [0.15, 0.2) is 36.7 Å². The molecule has 118 valence electrons. The second kappa shape index (κ2) is 6.82. The molecule has 0 unspecified atom stereocenters. The van der Waals surface area contributed by atoms with E-state index in [1.165, 1.54) is 6.20 Å². The van der Waals surface area contributed by atoms with Crippen molar-refractivity contribution in [3.63, 3.8) is 0 Å². The van der Waals surface area contributed by atoms with Crippen LogP contribution < -0.4 is 10.2 Å². The van der Waals surface area contributed by atoms with Gasteiger partial charge in [0.1, 0.15) is 0 Å². The van der Waals surface area contributed by atoms with E-state index in [9.17, 15) is 9.59 Å². The van der Waals surface area contributed by atoms with Crippen LogP contribution in [0.3, 0.4) is 0 Å². The van der Waals surface area contributed by atoms with E-state index >= 15 is 0 Å². The van der Waals surface area contributed by atoms with Gasteiger partial charge in [-0.2, -0.15) is 0 Å². The number of amides is 2. The summed E-state index contributed by atoms with van der Waals surface area (Å²) in [5.74, 6) is 0.837. The van der Waals surface area contributed by atoms with Crippen LogP contribution in [0.1, 0.15) is 10.4 Å². The molecule has 0 aliphatic carbocycles. The summed E-state index contributed by atoms with van der Waals surface area (Å²) in [5, 5.41) is 10.8. The summed E-state index contributed by atoms with van der Waals surface area (Å²) >= 11 is 0. The van der Waals surface area contributed by atoms with Crippen LogP contribution in [0.25, 0.3) is 0 Å². The first-order valence-electron chi connectivity index (χ1n) is 7.25. The van der Waals surface area contributed by atoms with Crippen molar-refractivity contribution in [3.8, 4) is 0 Å². The smallest absolute Gasteiger partial charge is 0.258 e. The highest BCUT2D eigenvalue weighted by Gasteiger charge is 2.17. The molecule has 0 spiro atoms. The van der Waals surface area contributed by atoms with Crippen LogP contribution in [-0.2, 0) is 4.79 Å². The fourth-order valence-corrected chi connectivity index (χ4v) is 2.30. The molecule has 1 aliphatic rings. The van der Waals surface area contributed by atoms with Crippen molar-refractivity contribution >= 4 is 24.0 Å². The number of hydrogen-bond donors (Lipinski definition) is 1. The first-order chi connectivity index (χ1) is 11.3. The van der Waals surface area contributed by atoms with Crippen molar-refractivity contribution in [2.45, 2.75) is 0 Å². The largest absolute Gasteiger partial charge is 0.352 e. The number of piperazine rings is 1. The maximum Gasteiger partial charge on any atom is 0.258 e. The molecule has 0 radical (unpaired) electrons. The summed E-state index contributed by atoms with van der Waals surface area (Å²) in [5.41, 5.74) is 0.461. The van der Waals surface area contributed by atoms with Crippen LogP contribution in [-0.4, -0.2) is 58.6 Å². The van der Waals surface area contributed by atoms with E-state index in [0.29, 0.717) is 24.5 Å². The van der Waals surface area contributed by atoms with Crippen molar-refractivity contribution in [2.75, 3.05) is 36.4 Å². The van der Waals surface area contributed by atoms with Gasteiger partial charge in [0.2, 0.25) is 6.41 Å². The van der Waals surface area contributed by atoms with Gasteiger partial charge >= 0.3 is 0 Å². The molecule has 1 saturated heterocycles. The molecule has 1 N–H and O–H groups in total. The zero-order valence-corrected chi connectivity index (χ0v) is 12.4. The molecule has 1 aliphatic heterocycles. The molecule has 2 aromatic rings. The molecule has 3 heterocycles. The summed E-state index contributed by atoms with van der Waals surface area (Å²) in [4.78, 5) is 30.4. The molecule has 0 saturated carbocycles. The Kier molecular flexibility index (Phi) is 4.41. The Bertz CT molecular complexity index is 668. The molecule has 0 atom stereocenters. The van der Waals surface area contributed by atoms with Crippen LogP contribution in [0.5, 0.6) is 0 Å². The van der Waals surface area contributed by atoms with E-state index in [1.54, 1.807) is 29.3 Å². The molecule has 0 bridgehead atoms. The highest BCUT2D eigenvalue weighted by atomic mass is 16.1. The van der Waals surface area contributed by atoms with E-state index in [-0.39, 0.29) is 5.91 Å². The predicted molar refractivity (Wildman–Crippen MR) is 84.1 cm³/mol. The van der Waals surface area contributed by atoms with E-state index in [1.807, 2.05) is 6.07 Å². The number of hydrogen-bond acceptors (Lipinski definition) is 6. The monoisotopic (exact) mass is 312 g/mol. The van der Waals surface area contributed by atoms with Crippen molar-refractivity contribution in [1.82, 2.24) is 20.1 Å². The lowest BCUT2D eigenvalue weighted by atomic mass is 10.3. The van der Waals surface area contributed by atoms with E-state index in [4.69, 9.17) is 0 Å². The van der Waals surface area contributed by atoms with Gasteiger partial charge < -0.3 is 15.1 Å². The number of pyridine rings is 1. The van der Waals surface area contributed by atoms with Gasteiger partial charge in [0, 0.05) is 38.6 Å². The Morgan fingerprint density at radius 3 is 2.57 bits per heavy atom. The van der Waals surface area contributed by atoms with Gasteiger partial charge in [-0.15, -0.1) is 10.2 Å². The zero-order chi connectivity index (χ0) is 16.1. The first kappa shape index (κ1) is 14.9. The fraction of sp³-hybridized carbons (Fsp3) is 0.267. The predicted octanol–water partition coefficient (Wildman–Crippen LogP) is 0.402.